The van der Waals surface area contributed by atoms with Crippen LogP contribution in [0.5, 0.6) is 0 Å². The van der Waals surface area contributed by atoms with Crippen molar-refractivity contribution in [3.05, 3.63) is 35.0 Å². The molecule has 0 bridgehead atoms. The van der Waals surface area contributed by atoms with Crippen molar-refractivity contribution in [1.82, 2.24) is 4.98 Å². The zero-order chi connectivity index (χ0) is 12.6. The molecule has 1 heterocycles. The molecule has 0 spiro atoms. The molecule has 0 radical (unpaired) electrons. The van der Waals surface area contributed by atoms with Crippen LogP contribution in [-0.2, 0) is 11.2 Å². The lowest BCUT2D eigenvalue weighted by Crippen LogP contribution is -2.00. The number of aromatic amines is 1. The molecule has 0 saturated carbocycles. The summed E-state index contributed by atoms with van der Waals surface area (Å²) in [6.45, 7) is 1.66. The molecule has 0 amide bonds. The molecule has 0 saturated heterocycles. The highest BCUT2D eigenvalue weighted by Crippen LogP contribution is 2.25. The van der Waals surface area contributed by atoms with Crippen LogP contribution in [-0.4, -0.2) is 18.1 Å². The Morgan fingerprint density at radius 1 is 1.41 bits per heavy atom. The van der Waals surface area contributed by atoms with E-state index in [1.165, 1.54) is 19.2 Å². The Kier molecular flexibility index (Phi) is 2.83. The van der Waals surface area contributed by atoms with E-state index in [9.17, 15) is 13.6 Å². The maximum Gasteiger partial charge on any atom is 0.354 e. The number of benzene rings is 1. The van der Waals surface area contributed by atoms with Crippen molar-refractivity contribution in [3.63, 3.8) is 0 Å². The first-order valence-corrected chi connectivity index (χ1v) is 5.16. The van der Waals surface area contributed by atoms with Crippen LogP contribution in [0.25, 0.3) is 10.9 Å². The molecule has 0 atom stereocenters. The van der Waals surface area contributed by atoms with E-state index in [-0.39, 0.29) is 23.2 Å². The Morgan fingerprint density at radius 3 is 2.71 bits per heavy atom. The molecule has 1 aromatic carbocycles. The fraction of sp³-hybridized carbons (Fsp3) is 0.250. The minimum absolute atomic E-state index is 0.00997. The Bertz CT molecular complexity index is 590. The molecular weight excluding hydrogens is 228 g/mol. The molecule has 2 rings (SSSR count). The maximum atomic E-state index is 13.9. The summed E-state index contributed by atoms with van der Waals surface area (Å²) >= 11 is 0. The minimum Gasteiger partial charge on any atom is -0.464 e. The number of H-pyrrole nitrogens is 1. The topological polar surface area (TPSA) is 42.1 Å². The summed E-state index contributed by atoms with van der Waals surface area (Å²) in [6.07, 6.45) is 0.250. The van der Waals surface area contributed by atoms with E-state index < -0.39 is 17.6 Å². The second kappa shape index (κ2) is 4.16. The lowest BCUT2D eigenvalue weighted by atomic mass is 10.1. The summed E-state index contributed by atoms with van der Waals surface area (Å²) in [5.41, 5.74) is 0.244. The van der Waals surface area contributed by atoms with Crippen LogP contribution in [0.15, 0.2) is 12.1 Å². The Hall–Kier alpha value is -1.91. The highest BCUT2D eigenvalue weighted by Gasteiger charge is 2.17. The van der Waals surface area contributed by atoms with E-state index in [1.807, 2.05) is 0 Å². The normalized spacial score (nSPS) is 10.8. The number of ether oxygens (including phenoxy) is 1. The number of hydrogen-bond donors (Lipinski definition) is 1. The van der Waals surface area contributed by atoms with Crippen LogP contribution in [0.3, 0.4) is 0 Å². The van der Waals surface area contributed by atoms with Crippen LogP contribution >= 0.6 is 0 Å². The van der Waals surface area contributed by atoms with E-state index in [2.05, 4.69) is 9.72 Å². The number of fused-ring (bicyclic) bond motifs is 1. The SMILES string of the molecule is CCc1c(F)cc2cc(C(=O)OC)[nH]c2c1F. The molecule has 0 aliphatic heterocycles. The standard InChI is InChI=1S/C12H11F2NO2/c1-3-7-8(13)4-6-5-9(12(16)17-2)15-11(6)10(7)14/h4-5,15H,3H2,1-2H3. The van der Waals surface area contributed by atoms with Crippen molar-refractivity contribution in [1.29, 1.82) is 0 Å². The third kappa shape index (κ3) is 1.77. The van der Waals surface area contributed by atoms with Gasteiger partial charge in [0, 0.05) is 10.9 Å². The first-order valence-electron chi connectivity index (χ1n) is 5.16. The fourth-order valence-corrected chi connectivity index (χ4v) is 1.79. The van der Waals surface area contributed by atoms with E-state index >= 15 is 0 Å². The van der Waals surface area contributed by atoms with Crippen LogP contribution in [0.2, 0.25) is 0 Å². The zero-order valence-electron chi connectivity index (χ0n) is 9.43. The van der Waals surface area contributed by atoms with E-state index in [0.717, 1.165) is 0 Å². The van der Waals surface area contributed by atoms with Gasteiger partial charge in [-0.25, -0.2) is 13.6 Å². The summed E-state index contributed by atoms with van der Waals surface area (Å²) in [7, 11) is 1.22. The van der Waals surface area contributed by atoms with E-state index in [0.29, 0.717) is 5.39 Å². The molecule has 2 aromatic rings. The Balaban J connectivity index is 2.69. The van der Waals surface area contributed by atoms with Crippen LogP contribution in [0, 0.1) is 11.6 Å². The van der Waals surface area contributed by atoms with Gasteiger partial charge < -0.3 is 9.72 Å². The van der Waals surface area contributed by atoms with Gasteiger partial charge >= 0.3 is 5.97 Å². The molecule has 0 aliphatic rings. The van der Waals surface area contributed by atoms with Gasteiger partial charge in [0.2, 0.25) is 0 Å². The highest BCUT2D eigenvalue weighted by molar-refractivity contribution is 5.95. The lowest BCUT2D eigenvalue weighted by Gasteiger charge is -2.02. The first-order chi connectivity index (χ1) is 8.08. The summed E-state index contributed by atoms with van der Waals surface area (Å²) in [4.78, 5) is 13.9. The smallest absolute Gasteiger partial charge is 0.354 e. The maximum absolute atomic E-state index is 13.9. The van der Waals surface area contributed by atoms with Crippen molar-refractivity contribution in [3.8, 4) is 0 Å². The van der Waals surface area contributed by atoms with Crippen LogP contribution < -0.4 is 0 Å². The number of halogens is 2. The average molecular weight is 239 g/mol. The number of hydrogen-bond acceptors (Lipinski definition) is 2. The quantitative estimate of drug-likeness (QED) is 0.819. The second-order valence-corrected chi connectivity index (χ2v) is 3.64. The predicted molar refractivity (Wildman–Crippen MR) is 58.9 cm³/mol. The van der Waals surface area contributed by atoms with Gasteiger partial charge in [-0.15, -0.1) is 0 Å². The van der Waals surface area contributed by atoms with Gasteiger partial charge in [-0.3, -0.25) is 0 Å². The Morgan fingerprint density at radius 2 is 2.12 bits per heavy atom. The van der Waals surface area contributed by atoms with Crippen molar-refractivity contribution in [2.45, 2.75) is 13.3 Å². The third-order valence-electron chi connectivity index (χ3n) is 2.66. The first kappa shape index (κ1) is 11.6. The van der Waals surface area contributed by atoms with Crippen molar-refractivity contribution < 1.29 is 18.3 Å². The molecule has 5 heteroatoms. The van der Waals surface area contributed by atoms with Gasteiger partial charge in [-0.05, 0) is 18.6 Å². The second-order valence-electron chi connectivity index (χ2n) is 3.64. The van der Waals surface area contributed by atoms with Gasteiger partial charge in [-0.1, -0.05) is 6.92 Å². The number of carbonyl (C=O) groups is 1. The fourth-order valence-electron chi connectivity index (χ4n) is 1.79. The summed E-state index contributed by atoms with van der Waals surface area (Å²) in [5, 5.41) is 0.317. The molecule has 1 aromatic heterocycles. The monoisotopic (exact) mass is 239 g/mol. The molecule has 90 valence electrons. The predicted octanol–water partition coefficient (Wildman–Crippen LogP) is 2.80. The molecule has 0 aliphatic carbocycles. The number of rotatable bonds is 2. The zero-order valence-corrected chi connectivity index (χ0v) is 9.43. The average Bonchev–Trinajstić information content (AvgIpc) is 2.72. The molecule has 1 N–H and O–H groups in total. The summed E-state index contributed by atoms with van der Waals surface area (Å²) in [6, 6.07) is 2.58. The number of aromatic nitrogens is 1. The van der Waals surface area contributed by atoms with Gasteiger partial charge in [0.1, 0.15) is 11.5 Å². The van der Waals surface area contributed by atoms with Gasteiger partial charge in [-0.2, -0.15) is 0 Å². The molecule has 0 fully saturated rings. The number of methoxy groups -OCH3 is 1. The molecule has 17 heavy (non-hydrogen) atoms. The summed E-state index contributed by atoms with van der Waals surface area (Å²) in [5.74, 6) is -1.87. The van der Waals surface area contributed by atoms with Gasteiger partial charge in [0.25, 0.3) is 0 Å². The minimum atomic E-state index is -0.655. The number of esters is 1. The van der Waals surface area contributed by atoms with Crippen molar-refractivity contribution >= 4 is 16.9 Å². The lowest BCUT2D eigenvalue weighted by molar-refractivity contribution is 0.0595. The van der Waals surface area contributed by atoms with E-state index in [4.69, 9.17) is 0 Å². The number of nitrogens with one attached hydrogen (secondary N) is 1. The summed E-state index contributed by atoms with van der Waals surface area (Å²) < 4.78 is 31.9. The Labute approximate surface area is 96.4 Å². The molecule has 3 nitrogen and oxygen atoms in total. The van der Waals surface area contributed by atoms with Gasteiger partial charge in [0.15, 0.2) is 5.82 Å². The van der Waals surface area contributed by atoms with E-state index in [1.54, 1.807) is 6.92 Å². The number of carbonyl (C=O) groups excluding carboxylic acids is 1. The highest BCUT2D eigenvalue weighted by atomic mass is 19.1. The molecular formula is C12H11F2NO2. The van der Waals surface area contributed by atoms with Crippen LogP contribution in [0.4, 0.5) is 8.78 Å². The molecule has 0 unspecified atom stereocenters. The van der Waals surface area contributed by atoms with Crippen molar-refractivity contribution in [2.75, 3.05) is 7.11 Å². The largest absolute Gasteiger partial charge is 0.464 e. The third-order valence-corrected chi connectivity index (χ3v) is 2.66. The van der Waals surface area contributed by atoms with Crippen molar-refractivity contribution in [2.24, 2.45) is 0 Å². The van der Waals surface area contributed by atoms with Gasteiger partial charge in [0.05, 0.1) is 12.6 Å². The van der Waals surface area contributed by atoms with Crippen LogP contribution in [0.1, 0.15) is 23.0 Å².